The number of benzene rings is 3. The maximum absolute atomic E-state index is 13.8. The van der Waals surface area contributed by atoms with E-state index in [1.54, 1.807) is 24.3 Å². The molecule has 20 nitrogen and oxygen atoms in total. The fourth-order valence-electron chi connectivity index (χ4n) is 7.11. The Kier molecular flexibility index (Phi) is 17.9. The zero-order valence-corrected chi connectivity index (χ0v) is 37.6. The van der Waals surface area contributed by atoms with Crippen LogP contribution in [0.25, 0.3) is 0 Å². The highest BCUT2D eigenvalue weighted by atomic mass is 19.3. The molecule has 3 heterocycles. The third kappa shape index (κ3) is 13.9. The molecular formula is C47H49F2N7O13. The number of amides is 8. The first-order valence-corrected chi connectivity index (χ1v) is 21.7. The summed E-state index contributed by atoms with van der Waals surface area (Å²) in [6.45, 7) is 3.44. The van der Waals surface area contributed by atoms with Crippen molar-refractivity contribution in [1.29, 1.82) is 0 Å². The summed E-state index contributed by atoms with van der Waals surface area (Å²) in [4.78, 5) is 102. The van der Waals surface area contributed by atoms with Gasteiger partial charge in [0, 0.05) is 30.2 Å². The van der Waals surface area contributed by atoms with Crippen molar-refractivity contribution in [2.45, 2.75) is 38.7 Å². The lowest BCUT2D eigenvalue weighted by molar-refractivity contribution is -0.136. The Morgan fingerprint density at radius 2 is 1.43 bits per heavy atom. The lowest BCUT2D eigenvalue weighted by Gasteiger charge is -2.27. The molecule has 3 aliphatic rings. The number of rotatable bonds is 23. The van der Waals surface area contributed by atoms with Gasteiger partial charge in [-0.15, -0.1) is 0 Å². The Labute approximate surface area is 394 Å². The molecule has 3 aliphatic heterocycles. The molecule has 22 heteroatoms. The number of nitrogens with one attached hydrogen (secondary N) is 4. The number of carbonyl (C=O) groups is 8. The second-order valence-corrected chi connectivity index (χ2v) is 15.6. The predicted octanol–water partition coefficient (Wildman–Crippen LogP) is 2.37. The minimum atomic E-state index is -3.11. The molecule has 8 amide bonds. The van der Waals surface area contributed by atoms with E-state index >= 15 is 0 Å². The van der Waals surface area contributed by atoms with Crippen LogP contribution in [0.3, 0.4) is 0 Å². The zero-order valence-electron chi connectivity index (χ0n) is 37.6. The van der Waals surface area contributed by atoms with Crippen LogP contribution in [0.5, 0.6) is 0 Å². The second kappa shape index (κ2) is 24.1. The Hall–Kier alpha value is -7.29. The average molecular weight is 958 g/mol. The van der Waals surface area contributed by atoms with Crippen LogP contribution in [0.4, 0.5) is 25.8 Å². The number of hydrogen-bond donors (Lipinski definition) is 4. The van der Waals surface area contributed by atoms with Crippen LogP contribution in [-0.2, 0) is 58.4 Å². The number of fused-ring (bicyclic) bond motifs is 1. The molecule has 364 valence electrons. The Morgan fingerprint density at radius 1 is 0.797 bits per heavy atom. The largest absolute Gasteiger partial charge is 0.377 e. The SMILES string of the molecule is CC1=NN(c2cccc(C#CCNC(=O)COCCOCCOCCOCCOCC(=O)Nc3cccc4c3C(=O)N(C3CCC(=O)NC3=O)C4=O)c2)C(=O)C1C(=O)Nc1cccc(C(C)(F)F)c1. The van der Waals surface area contributed by atoms with Gasteiger partial charge < -0.3 is 39.6 Å². The van der Waals surface area contributed by atoms with Crippen LogP contribution >= 0.6 is 0 Å². The fourth-order valence-corrected chi connectivity index (χ4v) is 7.11. The highest BCUT2D eigenvalue weighted by Gasteiger charge is 2.46. The van der Waals surface area contributed by atoms with Crippen LogP contribution in [0, 0.1) is 17.8 Å². The molecule has 0 bridgehead atoms. The van der Waals surface area contributed by atoms with Gasteiger partial charge in [-0.25, -0.2) is 8.78 Å². The fraction of sp³-hybridized carbons (Fsp3) is 0.383. The van der Waals surface area contributed by atoms with E-state index in [-0.39, 0.29) is 119 Å². The number of hydrogen-bond acceptors (Lipinski definition) is 14. The van der Waals surface area contributed by atoms with E-state index in [9.17, 15) is 47.1 Å². The smallest absolute Gasteiger partial charge is 0.270 e. The molecule has 0 aliphatic carbocycles. The Balaban J connectivity index is 0.762. The summed E-state index contributed by atoms with van der Waals surface area (Å²) >= 11 is 0. The molecule has 0 aromatic heterocycles. The monoisotopic (exact) mass is 957 g/mol. The van der Waals surface area contributed by atoms with Crippen LogP contribution in [0.1, 0.15) is 58.5 Å². The minimum Gasteiger partial charge on any atom is -0.377 e. The predicted molar refractivity (Wildman–Crippen MR) is 241 cm³/mol. The highest BCUT2D eigenvalue weighted by molar-refractivity contribution is 6.29. The van der Waals surface area contributed by atoms with E-state index in [1.165, 1.54) is 43.3 Å². The molecule has 2 atom stereocenters. The van der Waals surface area contributed by atoms with Crippen molar-refractivity contribution in [3.8, 4) is 11.8 Å². The van der Waals surface area contributed by atoms with Crippen LogP contribution in [0.15, 0.2) is 71.8 Å². The molecule has 0 spiro atoms. The summed E-state index contributed by atoms with van der Waals surface area (Å²) in [5.74, 6) is -3.58. The van der Waals surface area contributed by atoms with E-state index in [0.29, 0.717) is 11.3 Å². The van der Waals surface area contributed by atoms with Crippen molar-refractivity contribution in [3.05, 3.63) is 89.0 Å². The molecule has 4 N–H and O–H groups in total. The molecule has 69 heavy (non-hydrogen) atoms. The highest BCUT2D eigenvalue weighted by Crippen LogP contribution is 2.33. The molecule has 0 radical (unpaired) electrons. The topological polar surface area (TPSA) is 250 Å². The average Bonchev–Trinajstić information content (AvgIpc) is 3.76. The van der Waals surface area contributed by atoms with E-state index in [2.05, 4.69) is 38.2 Å². The van der Waals surface area contributed by atoms with Crippen molar-refractivity contribution in [2.75, 3.05) is 88.3 Å². The van der Waals surface area contributed by atoms with Gasteiger partial charge in [0.05, 0.1) is 87.6 Å². The summed E-state index contributed by atoms with van der Waals surface area (Å²) in [6.07, 6.45) is -0.00672. The van der Waals surface area contributed by atoms with Gasteiger partial charge in [-0.2, -0.15) is 10.1 Å². The molecule has 1 fully saturated rings. The first kappa shape index (κ1) is 51.1. The summed E-state index contributed by atoms with van der Waals surface area (Å²) in [6, 6.07) is 15.1. The number of imide groups is 2. The van der Waals surface area contributed by atoms with Gasteiger partial charge >= 0.3 is 0 Å². The third-order valence-electron chi connectivity index (χ3n) is 10.4. The van der Waals surface area contributed by atoms with Crippen molar-refractivity contribution in [2.24, 2.45) is 11.0 Å². The summed E-state index contributed by atoms with van der Waals surface area (Å²) < 4.78 is 54.6. The summed E-state index contributed by atoms with van der Waals surface area (Å²) in [5, 5.41) is 15.2. The quantitative estimate of drug-likeness (QED) is 0.0462. The van der Waals surface area contributed by atoms with Crippen molar-refractivity contribution >= 4 is 70.0 Å². The second-order valence-electron chi connectivity index (χ2n) is 15.6. The number of alkyl halides is 2. The number of hydrazone groups is 1. The number of halogens is 2. The molecule has 6 rings (SSSR count). The molecule has 2 unspecified atom stereocenters. The number of anilines is 3. The van der Waals surface area contributed by atoms with Crippen LogP contribution < -0.4 is 26.3 Å². The zero-order chi connectivity index (χ0) is 49.5. The van der Waals surface area contributed by atoms with Gasteiger partial charge in [0.2, 0.25) is 29.5 Å². The van der Waals surface area contributed by atoms with E-state index < -0.39 is 65.1 Å². The van der Waals surface area contributed by atoms with Gasteiger partial charge in [0.1, 0.15) is 19.3 Å². The number of carbonyl (C=O) groups excluding carboxylic acids is 8. The Morgan fingerprint density at radius 3 is 2.10 bits per heavy atom. The number of piperidine rings is 1. The Bertz CT molecular complexity index is 2560. The number of nitrogens with zero attached hydrogens (tertiary/aromatic N) is 3. The van der Waals surface area contributed by atoms with Gasteiger partial charge in [-0.05, 0) is 55.8 Å². The standard InChI is InChI=1S/C47H49F2N7O13/c1-29-40(43(61)51-32-10-4-9-31(26-32)47(2,48)49)46(64)56(54-29)33-11-3-7-30(25-33)8-6-16-50-38(58)27-68-23-21-66-19-17-65-18-20-67-22-24-69-28-39(59)52-35-13-5-12-34-41(35)45(63)55(44(34)62)36-14-15-37(57)53-42(36)60/h3-5,7,9-13,25-26,36,40H,14-24,27-28H2,1-2H3,(H,50,58)(H,51,61)(H,52,59)(H,53,57,60). The normalized spacial score (nSPS) is 16.7. The van der Waals surface area contributed by atoms with E-state index in [0.717, 1.165) is 22.9 Å². The molecule has 1 saturated heterocycles. The van der Waals surface area contributed by atoms with Crippen molar-refractivity contribution in [1.82, 2.24) is 15.5 Å². The molecular weight excluding hydrogens is 909 g/mol. The maximum atomic E-state index is 13.8. The van der Waals surface area contributed by atoms with Crippen LogP contribution in [0.2, 0.25) is 0 Å². The van der Waals surface area contributed by atoms with Crippen molar-refractivity contribution in [3.63, 3.8) is 0 Å². The maximum Gasteiger partial charge on any atom is 0.270 e. The third-order valence-corrected chi connectivity index (χ3v) is 10.4. The first-order chi connectivity index (χ1) is 33.1. The lowest BCUT2D eigenvalue weighted by atomic mass is 10.0. The first-order valence-electron chi connectivity index (χ1n) is 21.7. The minimum absolute atomic E-state index is 0.00814. The van der Waals surface area contributed by atoms with Gasteiger partial charge in [0.15, 0.2) is 5.92 Å². The molecule has 3 aromatic rings. The van der Waals surface area contributed by atoms with Gasteiger partial charge in [-0.1, -0.05) is 36.1 Å². The summed E-state index contributed by atoms with van der Waals surface area (Å²) in [7, 11) is 0. The lowest BCUT2D eigenvalue weighted by Crippen LogP contribution is -2.54. The van der Waals surface area contributed by atoms with E-state index in [1.807, 2.05) is 0 Å². The number of ether oxygens (including phenoxy) is 5. The van der Waals surface area contributed by atoms with Crippen molar-refractivity contribution < 1.29 is 70.8 Å². The van der Waals surface area contributed by atoms with Gasteiger partial charge in [-0.3, -0.25) is 48.6 Å². The summed E-state index contributed by atoms with van der Waals surface area (Å²) in [5.41, 5.74) is 1.03. The van der Waals surface area contributed by atoms with Crippen LogP contribution in [-0.4, -0.2) is 137 Å². The van der Waals surface area contributed by atoms with E-state index in [4.69, 9.17) is 23.7 Å². The molecule has 3 aromatic carbocycles. The van der Waals surface area contributed by atoms with Gasteiger partial charge in [0.25, 0.3) is 23.6 Å². The molecule has 0 saturated carbocycles.